The molecule has 5 rings (SSSR count). The van der Waals surface area contributed by atoms with Gasteiger partial charge in [0, 0.05) is 27.5 Å². The molecule has 1 aromatic carbocycles. The molecule has 4 N–H and O–H groups in total. The van der Waals surface area contributed by atoms with Crippen LogP contribution in [-0.2, 0) is 27.1 Å². The van der Waals surface area contributed by atoms with Gasteiger partial charge in [-0.2, -0.15) is 5.10 Å². The van der Waals surface area contributed by atoms with E-state index >= 15 is 0 Å². The van der Waals surface area contributed by atoms with Crippen LogP contribution in [0, 0.1) is 13.8 Å². The van der Waals surface area contributed by atoms with E-state index < -0.39 is 24.3 Å². The SMILES string of the molecule is CCOC(=O)c1c(-n2c(C)cc(/C=N\N[C@H](O)COc3ccc([C@@H]4NC(=O)NC(C)=C4C(=O)OC)cc3OCC)c2C)sc2c1CCCC2. The normalized spacial score (nSPS) is 16.5. The van der Waals surface area contributed by atoms with Gasteiger partial charge in [0.15, 0.2) is 17.7 Å². The van der Waals surface area contributed by atoms with Crippen molar-refractivity contribution in [1.82, 2.24) is 20.6 Å². The van der Waals surface area contributed by atoms with Crippen molar-refractivity contribution in [2.75, 3.05) is 26.9 Å². The molecule has 0 spiro atoms. The molecular weight excluding hydrogens is 650 g/mol. The van der Waals surface area contributed by atoms with Crippen LogP contribution in [0.1, 0.15) is 83.0 Å². The number of hydrogen-bond donors (Lipinski definition) is 4. The van der Waals surface area contributed by atoms with E-state index in [1.807, 2.05) is 33.8 Å². The summed E-state index contributed by atoms with van der Waals surface area (Å²) < 4.78 is 24.1. The van der Waals surface area contributed by atoms with Gasteiger partial charge in [0.25, 0.3) is 0 Å². The van der Waals surface area contributed by atoms with E-state index in [0.717, 1.165) is 53.2 Å². The molecule has 0 fully saturated rings. The topological polar surface area (TPSA) is 162 Å². The first-order valence-corrected chi connectivity index (χ1v) is 17.1. The number of methoxy groups -OCH3 is 1. The predicted molar refractivity (Wildman–Crippen MR) is 185 cm³/mol. The first-order valence-electron chi connectivity index (χ1n) is 16.3. The second kappa shape index (κ2) is 15.6. The lowest BCUT2D eigenvalue weighted by Gasteiger charge is -2.28. The molecule has 0 bridgehead atoms. The average molecular weight is 694 g/mol. The van der Waals surface area contributed by atoms with Crippen molar-refractivity contribution in [1.29, 1.82) is 0 Å². The molecule has 3 aromatic rings. The number of thiophene rings is 1. The van der Waals surface area contributed by atoms with Crippen molar-refractivity contribution in [2.45, 2.75) is 72.6 Å². The number of rotatable bonds is 13. The van der Waals surface area contributed by atoms with E-state index in [2.05, 4.69) is 25.7 Å². The first-order chi connectivity index (χ1) is 23.6. The van der Waals surface area contributed by atoms with Crippen LogP contribution in [0.4, 0.5) is 4.79 Å². The van der Waals surface area contributed by atoms with Crippen LogP contribution in [0.5, 0.6) is 11.5 Å². The van der Waals surface area contributed by atoms with Crippen molar-refractivity contribution in [3.63, 3.8) is 0 Å². The molecule has 3 heterocycles. The molecular formula is C35H43N5O8S. The van der Waals surface area contributed by atoms with Crippen LogP contribution in [-0.4, -0.2) is 67.0 Å². The fraction of sp³-hybridized carbons (Fsp3) is 0.429. The summed E-state index contributed by atoms with van der Waals surface area (Å²) in [7, 11) is 1.28. The van der Waals surface area contributed by atoms with Crippen LogP contribution >= 0.6 is 11.3 Å². The van der Waals surface area contributed by atoms with E-state index in [9.17, 15) is 19.5 Å². The second-order valence-corrected chi connectivity index (χ2v) is 12.8. The average Bonchev–Trinajstić information content (AvgIpc) is 3.59. The summed E-state index contributed by atoms with van der Waals surface area (Å²) in [6, 6.07) is 5.80. The van der Waals surface area contributed by atoms with E-state index in [1.165, 1.54) is 12.0 Å². The van der Waals surface area contributed by atoms with Gasteiger partial charge in [-0.25, -0.2) is 14.4 Å². The molecule has 0 unspecified atom stereocenters. The van der Waals surface area contributed by atoms with Crippen molar-refractivity contribution in [3.05, 3.63) is 74.1 Å². The number of benzene rings is 1. The minimum Gasteiger partial charge on any atom is -0.490 e. The lowest BCUT2D eigenvalue weighted by molar-refractivity contribution is -0.136. The van der Waals surface area contributed by atoms with E-state index in [1.54, 1.807) is 42.7 Å². The summed E-state index contributed by atoms with van der Waals surface area (Å²) >= 11 is 1.65. The number of esters is 2. The summed E-state index contributed by atoms with van der Waals surface area (Å²) in [6.07, 6.45) is 4.47. The number of carbonyl (C=O) groups excluding carboxylic acids is 3. The van der Waals surface area contributed by atoms with Gasteiger partial charge >= 0.3 is 18.0 Å². The number of aliphatic hydroxyl groups is 1. The molecule has 2 atom stereocenters. The number of urea groups is 1. The summed E-state index contributed by atoms with van der Waals surface area (Å²) in [5.41, 5.74) is 8.40. The third-order valence-corrected chi connectivity index (χ3v) is 9.68. The van der Waals surface area contributed by atoms with Crippen molar-refractivity contribution in [3.8, 4) is 16.5 Å². The predicted octanol–water partition coefficient (Wildman–Crippen LogP) is 4.73. The standard InChI is InChI=1S/C35H43N5O8S/c1-7-46-26-16-22(31-29(33(42)45-6)20(4)37-35(44)38-31)13-14-25(26)48-18-28(41)39-36-17-23-15-19(3)40(21(23)5)32-30(34(43)47-8-2)24-11-9-10-12-27(24)49-32/h13-17,28,31,39,41H,7-12,18H2,1-6H3,(H2,37,38,44)/b36-17-/t28-,31+/m1/s1. The maximum atomic E-state index is 13.1. The number of amides is 2. The molecule has 1 aliphatic heterocycles. The Morgan fingerprint density at radius 2 is 1.88 bits per heavy atom. The maximum Gasteiger partial charge on any atom is 0.341 e. The van der Waals surface area contributed by atoms with Gasteiger partial charge in [0.1, 0.15) is 11.6 Å². The van der Waals surface area contributed by atoms with E-state index in [-0.39, 0.29) is 18.1 Å². The van der Waals surface area contributed by atoms with Crippen LogP contribution in [0.3, 0.4) is 0 Å². The van der Waals surface area contributed by atoms with Crippen molar-refractivity contribution < 1.29 is 38.4 Å². The molecule has 0 saturated carbocycles. The number of aliphatic hydroxyl groups excluding tert-OH is 1. The molecule has 0 radical (unpaired) electrons. The zero-order valence-corrected chi connectivity index (χ0v) is 29.4. The highest BCUT2D eigenvalue weighted by molar-refractivity contribution is 7.15. The number of hydrazone groups is 1. The minimum absolute atomic E-state index is 0.157. The van der Waals surface area contributed by atoms with Gasteiger partial charge < -0.3 is 39.3 Å². The number of ether oxygens (including phenoxy) is 4. The molecule has 2 aliphatic rings. The molecule has 2 aromatic heterocycles. The Hall–Kier alpha value is -4.82. The molecule has 1 aliphatic carbocycles. The number of nitrogens with one attached hydrogen (secondary N) is 3. The summed E-state index contributed by atoms with van der Waals surface area (Å²) in [5, 5.41) is 21.1. The van der Waals surface area contributed by atoms with Crippen LogP contribution in [0.25, 0.3) is 5.00 Å². The first kappa shape index (κ1) is 35.5. The summed E-state index contributed by atoms with van der Waals surface area (Å²) in [5.74, 6) is -0.134. The number of allylic oxidation sites excluding steroid dienone is 1. The Morgan fingerprint density at radius 3 is 2.61 bits per heavy atom. The molecule has 0 saturated heterocycles. The van der Waals surface area contributed by atoms with Gasteiger partial charge in [0.05, 0.1) is 43.7 Å². The molecule has 262 valence electrons. The highest BCUT2D eigenvalue weighted by atomic mass is 32.1. The number of carbonyl (C=O) groups is 3. The summed E-state index contributed by atoms with van der Waals surface area (Å²) in [4.78, 5) is 39.1. The highest BCUT2D eigenvalue weighted by Gasteiger charge is 2.33. The number of aromatic nitrogens is 1. The van der Waals surface area contributed by atoms with Crippen LogP contribution < -0.4 is 25.5 Å². The quantitative estimate of drug-likeness (QED) is 0.0859. The molecule has 2 amide bonds. The number of hydrogen-bond acceptors (Lipinski definition) is 11. The highest BCUT2D eigenvalue weighted by Crippen LogP contribution is 2.39. The lowest BCUT2D eigenvalue weighted by atomic mass is 9.95. The Labute approximate surface area is 289 Å². The van der Waals surface area contributed by atoms with Gasteiger partial charge in [0.2, 0.25) is 0 Å². The molecule has 14 heteroatoms. The lowest BCUT2D eigenvalue weighted by Crippen LogP contribution is -2.45. The number of aryl methyl sites for hydroxylation is 2. The Balaban J connectivity index is 1.28. The largest absolute Gasteiger partial charge is 0.490 e. The van der Waals surface area contributed by atoms with Gasteiger partial charge in [-0.1, -0.05) is 6.07 Å². The van der Waals surface area contributed by atoms with Gasteiger partial charge in [-0.15, -0.1) is 11.3 Å². The number of nitrogens with zero attached hydrogens (tertiary/aromatic N) is 2. The zero-order valence-electron chi connectivity index (χ0n) is 28.6. The van der Waals surface area contributed by atoms with Crippen molar-refractivity contribution in [2.24, 2.45) is 5.10 Å². The maximum absolute atomic E-state index is 13.1. The Morgan fingerprint density at radius 1 is 1.10 bits per heavy atom. The van der Waals surface area contributed by atoms with Crippen molar-refractivity contribution >= 4 is 35.5 Å². The molecule has 13 nitrogen and oxygen atoms in total. The summed E-state index contributed by atoms with van der Waals surface area (Å²) in [6.45, 7) is 9.71. The fourth-order valence-electron chi connectivity index (χ4n) is 6.17. The van der Waals surface area contributed by atoms with Gasteiger partial charge in [-0.3, -0.25) is 5.43 Å². The Bertz CT molecular complexity index is 1790. The van der Waals surface area contributed by atoms with E-state index in [0.29, 0.717) is 41.5 Å². The molecule has 49 heavy (non-hydrogen) atoms. The minimum atomic E-state index is -1.16. The van der Waals surface area contributed by atoms with Crippen LogP contribution in [0.2, 0.25) is 0 Å². The second-order valence-electron chi connectivity index (χ2n) is 11.7. The smallest absolute Gasteiger partial charge is 0.341 e. The monoisotopic (exact) mass is 693 g/mol. The van der Waals surface area contributed by atoms with Crippen LogP contribution in [0.15, 0.2) is 40.6 Å². The van der Waals surface area contributed by atoms with Gasteiger partial charge in [-0.05, 0) is 89.6 Å². The fourth-order valence-corrected chi connectivity index (χ4v) is 7.66. The van der Waals surface area contributed by atoms with E-state index in [4.69, 9.17) is 18.9 Å². The zero-order chi connectivity index (χ0) is 35.2. The Kier molecular flexibility index (Phi) is 11.3. The number of fused-ring (bicyclic) bond motifs is 1. The third kappa shape index (κ3) is 7.60. The third-order valence-electron chi connectivity index (χ3n) is 8.40.